The van der Waals surface area contributed by atoms with E-state index >= 15 is 0 Å². The largest absolute Gasteiger partial charge is 0.481 e. The summed E-state index contributed by atoms with van der Waals surface area (Å²) in [6.07, 6.45) is -0.111. The first-order valence-corrected chi connectivity index (χ1v) is 7.57. The normalized spacial score (nSPS) is 11.5. The number of carbonyl (C=O) groups excluding carboxylic acids is 1. The minimum Gasteiger partial charge on any atom is -0.481 e. The molecule has 0 bridgehead atoms. The first kappa shape index (κ1) is 13.7. The van der Waals surface area contributed by atoms with E-state index in [1.54, 1.807) is 0 Å². The van der Waals surface area contributed by atoms with Crippen LogP contribution in [0.2, 0.25) is 0 Å². The SMILES string of the molecule is O=[13C](O)[13CH2][13CH2][13C](=O)c1ccc2ccc3cccc4ccc1c2c34. The minimum atomic E-state index is -0.948. The van der Waals surface area contributed by atoms with Crippen molar-refractivity contribution in [3.05, 3.63) is 60.2 Å². The van der Waals surface area contributed by atoms with Crippen molar-refractivity contribution in [2.24, 2.45) is 0 Å². The standard InChI is InChI=1S/C20H14O3/c21-17(10-11-18(22)23)15-8-6-14-5-4-12-2-1-3-13-7-9-16(15)20(14)19(12)13/h1-9H,10-11H2,(H,22,23)/i10+1,11+1,17+1,18+1. The summed E-state index contributed by atoms with van der Waals surface area (Å²) in [4.78, 5) is 23.2. The lowest BCUT2D eigenvalue weighted by molar-refractivity contribution is -0.136. The number of carbonyl (C=O) groups is 2. The van der Waals surface area contributed by atoms with Crippen LogP contribution >= 0.6 is 0 Å². The van der Waals surface area contributed by atoms with Crippen molar-refractivity contribution in [2.45, 2.75) is 12.8 Å². The maximum absolute atomic E-state index is 12.4. The van der Waals surface area contributed by atoms with Gasteiger partial charge in [-0.2, -0.15) is 0 Å². The van der Waals surface area contributed by atoms with E-state index in [2.05, 4.69) is 24.3 Å². The van der Waals surface area contributed by atoms with E-state index in [9.17, 15) is 9.59 Å². The second-order valence-electron chi connectivity index (χ2n) is 5.79. The molecular formula is C20H14O3. The Balaban J connectivity index is 2.00. The van der Waals surface area contributed by atoms with Gasteiger partial charge in [0.15, 0.2) is 5.78 Å². The molecule has 0 unspecified atom stereocenters. The molecule has 0 aliphatic rings. The van der Waals surface area contributed by atoms with E-state index in [-0.39, 0.29) is 18.6 Å². The Hall–Kier alpha value is -2.94. The molecule has 0 saturated carbocycles. The molecule has 3 nitrogen and oxygen atoms in total. The van der Waals surface area contributed by atoms with E-state index in [1.165, 1.54) is 0 Å². The molecule has 4 rings (SSSR count). The van der Waals surface area contributed by atoms with Crippen molar-refractivity contribution >= 4 is 44.1 Å². The van der Waals surface area contributed by atoms with Crippen molar-refractivity contribution in [1.29, 1.82) is 0 Å². The second kappa shape index (κ2) is 5.06. The lowest BCUT2D eigenvalue weighted by Gasteiger charge is -2.13. The number of hydrogen-bond donors (Lipinski definition) is 1. The zero-order valence-corrected chi connectivity index (χ0v) is 12.4. The molecule has 0 aromatic heterocycles. The number of hydrogen-bond acceptors (Lipinski definition) is 2. The summed E-state index contributed by atoms with van der Waals surface area (Å²) in [6.45, 7) is 0. The summed E-state index contributed by atoms with van der Waals surface area (Å²) in [5.41, 5.74) is 0.608. The van der Waals surface area contributed by atoms with Gasteiger partial charge in [-0.15, -0.1) is 0 Å². The Kier molecular flexibility index (Phi) is 3.01. The molecule has 3 heteroatoms. The third-order valence-corrected chi connectivity index (χ3v) is 4.40. The highest BCUT2D eigenvalue weighted by Crippen LogP contribution is 2.36. The third kappa shape index (κ3) is 2.13. The number of ketones is 1. The highest BCUT2D eigenvalue weighted by molar-refractivity contribution is 6.26. The van der Waals surface area contributed by atoms with Crippen LogP contribution in [0.4, 0.5) is 0 Å². The monoisotopic (exact) mass is 306 g/mol. The van der Waals surface area contributed by atoms with Crippen molar-refractivity contribution in [1.82, 2.24) is 0 Å². The number of Topliss-reactive ketones (excluding diaryl/α,β-unsaturated/α-hetero) is 1. The van der Waals surface area contributed by atoms with Gasteiger partial charge in [0, 0.05) is 12.0 Å². The smallest absolute Gasteiger partial charge is 0.303 e. The number of rotatable bonds is 4. The van der Waals surface area contributed by atoms with E-state index in [4.69, 9.17) is 5.11 Å². The number of carboxylic acid groups (broad SMARTS) is 1. The highest BCUT2D eigenvalue weighted by atomic mass is 16.5. The van der Waals surface area contributed by atoms with Crippen LogP contribution in [0.25, 0.3) is 32.3 Å². The zero-order valence-electron chi connectivity index (χ0n) is 12.4. The number of carboxylic acids is 1. The lowest BCUT2D eigenvalue weighted by atomic mass is 9.93. The summed E-state index contributed by atoms with van der Waals surface area (Å²) in [5, 5.41) is 15.3. The van der Waals surface area contributed by atoms with E-state index < -0.39 is 5.97 Å². The van der Waals surface area contributed by atoms with Gasteiger partial charge in [0.25, 0.3) is 0 Å². The average Bonchev–Trinajstić information content (AvgIpc) is 2.57. The fourth-order valence-corrected chi connectivity index (χ4v) is 3.33. The first-order valence-electron chi connectivity index (χ1n) is 7.57. The highest BCUT2D eigenvalue weighted by Gasteiger charge is 2.15. The van der Waals surface area contributed by atoms with Crippen LogP contribution in [-0.4, -0.2) is 16.9 Å². The van der Waals surface area contributed by atoms with Gasteiger partial charge in [0.05, 0.1) is 6.42 Å². The van der Waals surface area contributed by atoms with Gasteiger partial charge in [-0.25, -0.2) is 0 Å². The molecule has 4 aromatic rings. The molecule has 0 fully saturated rings. The maximum Gasteiger partial charge on any atom is 0.303 e. The van der Waals surface area contributed by atoms with Gasteiger partial charge in [0.2, 0.25) is 0 Å². The molecule has 23 heavy (non-hydrogen) atoms. The second-order valence-corrected chi connectivity index (χ2v) is 5.79. The van der Waals surface area contributed by atoms with Gasteiger partial charge in [-0.3, -0.25) is 9.59 Å². The molecule has 0 amide bonds. The van der Waals surface area contributed by atoms with Gasteiger partial charge < -0.3 is 5.11 Å². The predicted octanol–water partition coefficient (Wildman–Crippen LogP) is 4.63. The molecule has 0 spiro atoms. The molecule has 0 saturated heterocycles. The Morgan fingerprint density at radius 1 is 0.739 bits per heavy atom. The molecule has 0 radical (unpaired) electrons. The third-order valence-electron chi connectivity index (χ3n) is 4.40. The summed E-state index contributed by atoms with van der Waals surface area (Å²) < 4.78 is 0. The van der Waals surface area contributed by atoms with E-state index in [1.807, 2.05) is 30.3 Å². The minimum absolute atomic E-state index is 0.0271. The fourth-order valence-electron chi connectivity index (χ4n) is 3.33. The Labute approximate surface area is 132 Å². The quantitative estimate of drug-likeness (QED) is 0.340. The van der Waals surface area contributed by atoms with Crippen molar-refractivity contribution in [2.75, 3.05) is 0 Å². The molecule has 0 aliphatic carbocycles. The van der Waals surface area contributed by atoms with Crippen LogP contribution < -0.4 is 0 Å². The van der Waals surface area contributed by atoms with Crippen LogP contribution in [0.1, 0.15) is 23.2 Å². The average molecular weight is 306 g/mol. The maximum atomic E-state index is 12.4. The number of benzene rings is 4. The Bertz CT molecular complexity index is 1050. The molecule has 112 valence electrons. The van der Waals surface area contributed by atoms with Crippen LogP contribution in [0, 0.1) is 0 Å². The molecule has 4 aromatic carbocycles. The van der Waals surface area contributed by atoms with Crippen LogP contribution in [0.15, 0.2) is 54.6 Å². The van der Waals surface area contributed by atoms with E-state index in [0.29, 0.717) is 5.56 Å². The van der Waals surface area contributed by atoms with Gasteiger partial charge >= 0.3 is 5.97 Å². The molecular weight excluding hydrogens is 292 g/mol. The van der Waals surface area contributed by atoms with Crippen LogP contribution in [0.5, 0.6) is 0 Å². The van der Waals surface area contributed by atoms with Crippen LogP contribution in [-0.2, 0) is 4.79 Å². The first-order chi connectivity index (χ1) is 11.1. The van der Waals surface area contributed by atoms with Gasteiger partial charge in [-0.1, -0.05) is 54.6 Å². The topological polar surface area (TPSA) is 54.4 Å². The van der Waals surface area contributed by atoms with Crippen LogP contribution in [0.3, 0.4) is 0 Å². The van der Waals surface area contributed by atoms with Crippen molar-refractivity contribution in [3.8, 4) is 0 Å². The van der Waals surface area contributed by atoms with Crippen molar-refractivity contribution in [3.63, 3.8) is 0 Å². The summed E-state index contributed by atoms with van der Waals surface area (Å²) >= 11 is 0. The van der Waals surface area contributed by atoms with Gasteiger partial charge in [-0.05, 0) is 32.3 Å². The number of aliphatic carboxylic acids is 1. The summed E-state index contributed by atoms with van der Waals surface area (Å²) in [5.74, 6) is -1.07. The Morgan fingerprint density at radius 3 is 2.04 bits per heavy atom. The molecule has 0 heterocycles. The summed E-state index contributed by atoms with van der Waals surface area (Å²) in [6, 6.07) is 18.1. The fraction of sp³-hybridized carbons (Fsp3) is 0.100. The zero-order chi connectivity index (χ0) is 16.0. The van der Waals surface area contributed by atoms with E-state index in [0.717, 1.165) is 32.3 Å². The summed E-state index contributed by atoms with van der Waals surface area (Å²) in [7, 11) is 0. The molecule has 0 atom stereocenters. The van der Waals surface area contributed by atoms with Gasteiger partial charge in [0.1, 0.15) is 0 Å². The van der Waals surface area contributed by atoms with Crippen molar-refractivity contribution < 1.29 is 14.7 Å². The Morgan fingerprint density at radius 2 is 1.35 bits per heavy atom. The predicted molar refractivity (Wildman–Crippen MR) is 91.3 cm³/mol. The molecule has 0 aliphatic heterocycles. The molecule has 1 N–H and O–H groups in total. The lowest BCUT2D eigenvalue weighted by Crippen LogP contribution is -2.04.